The molecule has 5 heteroatoms. The van der Waals surface area contributed by atoms with Crippen molar-refractivity contribution >= 4 is 11.4 Å². The van der Waals surface area contributed by atoms with Crippen LogP contribution in [0.5, 0.6) is 5.95 Å². The molecule has 2 aromatic carbocycles. The fourth-order valence-electron chi connectivity index (χ4n) is 1.88. The Morgan fingerprint density at radius 3 is 2.24 bits per heavy atom. The van der Waals surface area contributed by atoms with Gasteiger partial charge in [0, 0.05) is 5.56 Å². The van der Waals surface area contributed by atoms with E-state index in [0.717, 1.165) is 11.3 Å². The summed E-state index contributed by atoms with van der Waals surface area (Å²) >= 11 is 0. The van der Waals surface area contributed by atoms with E-state index in [1.54, 1.807) is 0 Å². The first kappa shape index (κ1) is 13.1. The van der Waals surface area contributed by atoms with Crippen LogP contribution >= 0.6 is 0 Å². The van der Waals surface area contributed by atoms with Gasteiger partial charge in [0.05, 0.1) is 12.8 Å². The number of methoxy groups -OCH3 is 1. The van der Waals surface area contributed by atoms with E-state index in [-0.39, 0.29) is 5.95 Å². The molecule has 0 atom stereocenters. The quantitative estimate of drug-likeness (QED) is 0.646. The van der Waals surface area contributed by atoms with Crippen molar-refractivity contribution in [1.29, 1.82) is 0 Å². The van der Waals surface area contributed by atoms with Crippen LogP contribution in [-0.2, 0) is 0 Å². The van der Waals surface area contributed by atoms with Gasteiger partial charge < -0.3 is 9.26 Å². The summed E-state index contributed by atoms with van der Waals surface area (Å²) in [5.41, 5.74) is 2.73. The van der Waals surface area contributed by atoms with Crippen molar-refractivity contribution in [1.82, 2.24) is 5.16 Å². The van der Waals surface area contributed by atoms with Crippen molar-refractivity contribution in [2.24, 2.45) is 10.2 Å². The third-order valence-electron chi connectivity index (χ3n) is 2.89. The maximum Gasteiger partial charge on any atom is 0.339 e. The Balaban J connectivity index is 2.01. The fourth-order valence-corrected chi connectivity index (χ4v) is 1.88. The molecule has 0 aliphatic rings. The topological polar surface area (TPSA) is 60.0 Å². The molecule has 0 N–H and O–H groups in total. The molecular formula is C16H13N3O2. The molecule has 0 aliphatic heterocycles. The maximum atomic E-state index is 5.16. The number of rotatable bonds is 4. The second kappa shape index (κ2) is 6.00. The first-order valence-electron chi connectivity index (χ1n) is 6.44. The van der Waals surface area contributed by atoms with Gasteiger partial charge in [-0.3, -0.25) is 0 Å². The lowest BCUT2D eigenvalue weighted by Crippen LogP contribution is -1.79. The van der Waals surface area contributed by atoms with Gasteiger partial charge in [0.1, 0.15) is 5.69 Å². The van der Waals surface area contributed by atoms with E-state index in [1.165, 1.54) is 7.11 Å². The number of hydrogen-bond donors (Lipinski definition) is 0. The van der Waals surface area contributed by atoms with Crippen molar-refractivity contribution in [3.8, 4) is 17.2 Å². The molecule has 1 aromatic heterocycles. The predicted octanol–water partition coefficient (Wildman–Crippen LogP) is 4.77. The van der Waals surface area contributed by atoms with Crippen molar-refractivity contribution in [3.63, 3.8) is 0 Å². The smallest absolute Gasteiger partial charge is 0.339 e. The molecule has 0 radical (unpaired) electrons. The standard InChI is InChI=1S/C16H13N3O2/c1-20-16-15(18-17-13-10-6-3-7-11-13)14(19-21-16)12-8-4-2-5-9-12/h2-11H,1H3. The van der Waals surface area contributed by atoms with Crippen molar-refractivity contribution in [3.05, 3.63) is 60.7 Å². The first-order valence-corrected chi connectivity index (χ1v) is 6.44. The molecule has 0 fully saturated rings. The highest BCUT2D eigenvalue weighted by Crippen LogP contribution is 2.38. The van der Waals surface area contributed by atoms with Crippen molar-refractivity contribution in [2.45, 2.75) is 0 Å². The molecule has 0 bridgehead atoms. The molecule has 0 saturated heterocycles. The van der Waals surface area contributed by atoms with Gasteiger partial charge in [0.25, 0.3) is 0 Å². The summed E-state index contributed by atoms with van der Waals surface area (Å²) in [5, 5.41) is 12.4. The minimum Gasteiger partial charge on any atom is -0.465 e. The Kier molecular flexibility index (Phi) is 3.73. The highest BCUT2D eigenvalue weighted by molar-refractivity contribution is 5.74. The lowest BCUT2D eigenvalue weighted by Gasteiger charge is -1.97. The van der Waals surface area contributed by atoms with Crippen LogP contribution < -0.4 is 4.74 Å². The molecule has 0 spiro atoms. The zero-order chi connectivity index (χ0) is 14.5. The van der Waals surface area contributed by atoms with Crippen LogP contribution in [0.2, 0.25) is 0 Å². The zero-order valence-corrected chi connectivity index (χ0v) is 11.4. The maximum absolute atomic E-state index is 5.16. The molecule has 104 valence electrons. The summed E-state index contributed by atoms with van der Waals surface area (Å²) in [6, 6.07) is 19.1. The molecule has 21 heavy (non-hydrogen) atoms. The molecule has 3 aromatic rings. The number of aromatic nitrogens is 1. The number of ether oxygens (including phenoxy) is 1. The summed E-state index contributed by atoms with van der Waals surface area (Å²) in [6.45, 7) is 0. The minimum atomic E-state index is 0.244. The van der Waals surface area contributed by atoms with Crippen LogP contribution in [0.15, 0.2) is 75.4 Å². The van der Waals surface area contributed by atoms with Crippen LogP contribution in [0, 0.1) is 0 Å². The van der Waals surface area contributed by atoms with Gasteiger partial charge >= 0.3 is 5.95 Å². The number of hydrogen-bond acceptors (Lipinski definition) is 5. The largest absolute Gasteiger partial charge is 0.465 e. The zero-order valence-electron chi connectivity index (χ0n) is 11.4. The fraction of sp³-hybridized carbons (Fsp3) is 0.0625. The second-order valence-corrected chi connectivity index (χ2v) is 4.27. The summed E-state index contributed by atoms with van der Waals surface area (Å²) in [5.74, 6) is 0.244. The molecule has 0 aliphatic carbocycles. The molecule has 0 amide bonds. The first-order chi connectivity index (χ1) is 10.4. The second-order valence-electron chi connectivity index (χ2n) is 4.27. The highest BCUT2D eigenvalue weighted by atomic mass is 16.6. The van der Waals surface area contributed by atoms with Gasteiger partial charge in [0.2, 0.25) is 0 Å². The van der Waals surface area contributed by atoms with Crippen molar-refractivity contribution < 1.29 is 9.26 Å². The third kappa shape index (κ3) is 2.81. The number of benzene rings is 2. The van der Waals surface area contributed by atoms with Crippen molar-refractivity contribution in [2.75, 3.05) is 7.11 Å². The summed E-state index contributed by atoms with van der Waals surface area (Å²) < 4.78 is 10.3. The molecule has 1 heterocycles. The number of azo groups is 1. The van der Waals surface area contributed by atoms with Gasteiger partial charge in [-0.25, -0.2) is 0 Å². The summed E-state index contributed by atoms with van der Waals surface area (Å²) in [7, 11) is 1.51. The van der Waals surface area contributed by atoms with Crippen LogP contribution in [0.4, 0.5) is 11.4 Å². The average Bonchev–Trinajstić information content (AvgIpc) is 2.97. The van der Waals surface area contributed by atoms with E-state index in [9.17, 15) is 0 Å². The van der Waals surface area contributed by atoms with E-state index in [0.29, 0.717) is 11.4 Å². The van der Waals surface area contributed by atoms with E-state index in [2.05, 4.69) is 15.4 Å². The lowest BCUT2D eigenvalue weighted by atomic mass is 10.1. The summed E-state index contributed by atoms with van der Waals surface area (Å²) in [4.78, 5) is 0. The molecule has 5 nitrogen and oxygen atoms in total. The molecule has 3 rings (SSSR count). The van der Waals surface area contributed by atoms with Crippen LogP contribution in [0.1, 0.15) is 0 Å². The molecular weight excluding hydrogens is 266 g/mol. The Bertz CT molecular complexity index is 737. The Hall–Kier alpha value is -2.95. The van der Waals surface area contributed by atoms with Crippen LogP contribution in [0.3, 0.4) is 0 Å². The molecule has 0 unspecified atom stereocenters. The normalized spacial score (nSPS) is 10.9. The van der Waals surface area contributed by atoms with Gasteiger partial charge in [-0.2, -0.15) is 5.11 Å². The predicted molar refractivity (Wildman–Crippen MR) is 79.1 cm³/mol. The van der Waals surface area contributed by atoms with Gasteiger partial charge in [-0.1, -0.05) is 53.7 Å². The van der Waals surface area contributed by atoms with E-state index < -0.39 is 0 Å². The Morgan fingerprint density at radius 2 is 1.57 bits per heavy atom. The van der Waals surface area contributed by atoms with E-state index in [1.807, 2.05) is 60.7 Å². The summed E-state index contributed by atoms with van der Waals surface area (Å²) in [6.07, 6.45) is 0. The monoisotopic (exact) mass is 279 g/mol. The Morgan fingerprint density at radius 1 is 0.905 bits per heavy atom. The lowest BCUT2D eigenvalue weighted by molar-refractivity contribution is 0.262. The van der Waals surface area contributed by atoms with E-state index >= 15 is 0 Å². The van der Waals surface area contributed by atoms with Crippen LogP contribution in [-0.4, -0.2) is 12.3 Å². The third-order valence-corrected chi connectivity index (χ3v) is 2.89. The molecule has 0 saturated carbocycles. The highest BCUT2D eigenvalue weighted by Gasteiger charge is 2.18. The van der Waals surface area contributed by atoms with Crippen LogP contribution in [0.25, 0.3) is 11.3 Å². The number of nitrogens with zero attached hydrogens (tertiary/aromatic N) is 3. The van der Waals surface area contributed by atoms with Gasteiger partial charge in [-0.15, -0.1) is 5.11 Å². The van der Waals surface area contributed by atoms with Gasteiger partial charge in [-0.05, 0) is 12.1 Å². The SMILES string of the molecule is COc1onc(-c2ccccc2)c1N=Nc1ccccc1. The Labute approximate surface area is 121 Å². The van der Waals surface area contributed by atoms with Gasteiger partial charge in [0.15, 0.2) is 5.69 Å². The minimum absolute atomic E-state index is 0.244. The van der Waals surface area contributed by atoms with E-state index in [4.69, 9.17) is 9.26 Å². The average molecular weight is 279 g/mol.